The van der Waals surface area contributed by atoms with Gasteiger partial charge in [-0.2, -0.15) is 4.98 Å². The van der Waals surface area contributed by atoms with Crippen molar-refractivity contribution >= 4 is 17.5 Å². The van der Waals surface area contributed by atoms with Crippen LogP contribution in [0.4, 0.5) is 17.5 Å². The SMILES string of the molecule is Cc1cccc(Nc2nccc(NCC(O)c3ccccc3C)n2)c1. The maximum absolute atomic E-state index is 10.4. The lowest BCUT2D eigenvalue weighted by molar-refractivity contribution is 0.191. The maximum Gasteiger partial charge on any atom is 0.229 e. The average Bonchev–Trinajstić information content (AvgIpc) is 2.60. The maximum atomic E-state index is 10.4. The van der Waals surface area contributed by atoms with Crippen molar-refractivity contribution < 1.29 is 5.11 Å². The summed E-state index contributed by atoms with van der Waals surface area (Å²) < 4.78 is 0. The molecule has 3 rings (SSSR count). The molecule has 0 bridgehead atoms. The highest BCUT2D eigenvalue weighted by molar-refractivity contribution is 5.55. The monoisotopic (exact) mass is 334 g/mol. The van der Waals surface area contributed by atoms with E-state index >= 15 is 0 Å². The van der Waals surface area contributed by atoms with Crippen LogP contribution >= 0.6 is 0 Å². The minimum Gasteiger partial charge on any atom is -0.387 e. The van der Waals surface area contributed by atoms with Crippen molar-refractivity contribution in [3.05, 3.63) is 77.5 Å². The molecule has 3 N–H and O–H groups in total. The summed E-state index contributed by atoms with van der Waals surface area (Å²) in [5.41, 5.74) is 4.10. The van der Waals surface area contributed by atoms with Gasteiger partial charge in [-0.15, -0.1) is 0 Å². The van der Waals surface area contributed by atoms with E-state index < -0.39 is 6.10 Å². The summed E-state index contributed by atoms with van der Waals surface area (Å²) in [6.07, 6.45) is 1.09. The summed E-state index contributed by atoms with van der Waals surface area (Å²) in [7, 11) is 0. The number of hydrogen-bond donors (Lipinski definition) is 3. The summed E-state index contributed by atoms with van der Waals surface area (Å²) in [6, 6.07) is 17.6. The van der Waals surface area contributed by atoms with Gasteiger partial charge in [-0.25, -0.2) is 4.98 Å². The minimum absolute atomic E-state index is 0.381. The predicted molar refractivity (Wildman–Crippen MR) is 101 cm³/mol. The van der Waals surface area contributed by atoms with Gasteiger partial charge >= 0.3 is 0 Å². The van der Waals surface area contributed by atoms with Crippen LogP contribution in [0.1, 0.15) is 22.8 Å². The number of aliphatic hydroxyl groups is 1. The molecule has 1 aromatic heterocycles. The Morgan fingerprint density at radius 1 is 1.04 bits per heavy atom. The van der Waals surface area contributed by atoms with Crippen molar-refractivity contribution in [2.45, 2.75) is 20.0 Å². The fourth-order valence-corrected chi connectivity index (χ4v) is 2.64. The van der Waals surface area contributed by atoms with E-state index in [1.54, 1.807) is 12.3 Å². The Morgan fingerprint density at radius 2 is 1.88 bits per heavy atom. The first-order valence-electron chi connectivity index (χ1n) is 8.26. The van der Waals surface area contributed by atoms with Gasteiger partial charge < -0.3 is 15.7 Å². The van der Waals surface area contributed by atoms with Gasteiger partial charge in [0.05, 0.1) is 6.10 Å². The van der Waals surface area contributed by atoms with Crippen LogP contribution in [0.3, 0.4) is 0 Å². The molecular formula is C20H22N4O. The summed E-state index contributed by atoms with van der Waals surface area (Å²) in [4.78, 5) is 8.68. The fraction of sp³-hybridized carbons (Fsp3) is 0.200. The first-order valence-corrected chi connectivity index (χ1v) is 8.26. The van der Waals surface area contributed by atoms with Crippen LogP contribution in [0.15, 0.2) is 60.8 Å². The molecule has 0 spiro atoms. The summed E-state index contributed by atoms with van der Waals surface area (Å²) >= 11 is 0. The van der Waals surface area contributed by atoms with Crippen molar-refractivity contribution in [1.29, 1.82) is 0 Å². The molecule has 128 valence electrons. The number of nitrogens with zero attached hydrogens (tertiary/aromatic N) is 2. The number of rotatable bonds is 6. The second-order valence-electron chi connectivity index (χ2n) is 6.01. The Balaban J connectivity index is 1.65. The molecule has 3 aromatic rings. The third-order valence-corrected chi connectivity index (χ3v) is 3.95. The second-order valence-corrected chi connectivity index (χ2v) is 6.01. The lowest BCUT2D eigenvalue weighted by Crippen LogP contribution is -2.14. The van der Waals surface area contributed by atoms with E-state index in [-0.39, 0.29) is 0 Å². The van der Waals surface area contributed by atoms with Gasteiger partial charge in [-0.3, -0.25) is 0 Å². The molecule has 5 heteroatoms. The standard InChI is InChI=1S/C20H22N4O/c1-14-6-5-8-16(12-14)23-20-21-11-10-19(24-20)22-13-18(25)17-9-4-3-7-15(17)2/h3-12,18,25H,13H2,1-2H3,(H2,21,22,23,24). The molecule has 0 saturated carbocycles. The van der Waals surface area contributed by atoms with Crippen molar-refractivity contribution in [2.24, 2.45) is 0 Å². The Morgan fingerprint density at radius 3 is 2.68 bits per heavy atom. The van der Waals surface area contributed by atoms with Crippen molar-refractivity contribution in [1.82, 2.24) is 9.97 Å². The van der Waals surface area contributed by atoms with Crippen LogP contribution < -0.4 is 10.6 Å². The molecule has 0 aliphatic heterocycles. The molecule has 0 aliphatic rings. The molecule has 0 amide bonds. The first kappa shape index (κ1) is 16.9. The predicted octanol–water partition coefficient (Wildman–Crippen LogP) is 3.98. The third-order valence-electron chi connectivity index (χ3n) is 3.95. The van der Waals surface area contributed by atoms with E-state index in [0.29, 0.717) is 18.3 Å². The van der Waals surface area contributed by atoms with Crippen LogP contribution in [0.5, 0.6) is 0 Å². The number of nitrogens with one attached hydrogen (secondary N) is 2. The number of benzene rings is 2. The Labute approximate surface area is 147 Å². The number of hydrogen-bond acceptors (Lipinski definition) is 5. The van der Waals surface area contributed by atoms with E-state index in [4.69, 9.17) is 0 Å². The molecule has 5 nitrogen and oxygen atoms in total. The van der Waals surface area contributed by atoms with Gasteiger partial charge in [0.1, 0.15) is 5.82 Å². The largest absolute Gasteiger partial charge is 0.387 e. The molecule has 1 atom stereocenters. The molecular weight excluding hydrogens is 312 g/mol. The van der Waals surface area contributed by atoms with Gasteiger partial charge in [-0.05, 0) is 48.7 Å². The van der Waals surface area contributed by atoms with Crippen LogP contribution in [-0.2, 0) is 0 Å². The van der Waals surface area contributed by atoms with Crippen LogP contribution in [0.2, 0.25) is 0 Å². The van der Waals surface area contributed by atoms with Crippen molar-refractivity contribution in [2.75, 3.05) is 17.2 Å². The number of anilines is 3. The zero-order valence-corrected chi connectivity index (χ0v) is 14.4. The minimum atomic E-state index is -0.593. The fourth-order valence-electron chi connectivity index (χ4n) is 2.64. The summed E-state index contributed by atoms with van der Waals surface area (Å²) in [5, 5.41) is 16.7. The number of aromatic nitrogens is 2. The van der Waals surface area contributed by atoms with Crippen LogP contribution in [0.25, 0.3) is 0 Å². The zero-order valence-electron chi connectivity index (χ0n) is 14.4. The highest BCUT2D eigenvalue weighted by Crippen LogP contribution is 2.19. The van der Waals surface area contributed by atoms with E-state index in [0.717, 1.165) is 16.8 Å². The van der Waals surface area contributed by atoms with Gasteiger partial charge in [0, 0.05) is 18.4 Å². The summed E-state index contributed by atoms with van der Waals surface area (Å²) in [5.74, 6) is 1.18. The topological polar surface area (TPSA) is 70.1 Å². The van der Waals surface area contributed by atoms with E-state index in [1.807, 2.05) is 62.4 Å². The molecule has 1 unspecified atom stereocenters. The number of aryl methyl sites for hydroxylation is 2. The van der Waals surface area contributed by atoms with Gasteiger partial charge in [-0.1, -0.05) is 36.4 Å². The van der Waals surface area contributed by atoms with Crippen molar-refractivity contribution in [3.8, 4) is 0 Å². The Bertz CT molecular complexity index is 850. The van der Waals surface area contributed by atoms with Crippen molar-refractivity contribution in [3.63, 3.8) is 0 Å². The Kier molecular flexibility index (Phi) is 5.26. The van der Waals surface area contributed by atoms with E-state index in [2.05, 4.69) is 20.6 Å². The third kappa shape index (κ3) is 4.55. The van der Waals surface area contributed by atoms with Gasteiger partial charge in [0.15, 0.2) is 0 Å². The molecule has 0 aliphatic carbocycles. The smallest absolute Gasteiger partial charge is 0.229 e. The normalized spacial score (nSPS) is 11.8. The first-order chi connectivity index (χ1) is 12.1. The van der Waals surface area contributed by atoms with Crippen LogP contribution in [-0.4, -0.2) is 21.6 Å². The summed E-state index contributed by atoms with van der Waals surface area (Å²) in [6.45, 7) is 4.41. The lowest BCUT2D eigenvalue weighted by Gasteiger charge is -2.15. The Hall–Kier alpha value is -2.92. The van der Waals surface area contributed by atoms with Gasteiger partial charge in [0.2, 0.25) is 5.95 Å². The zero-order chi connectivity index (χ0) is 17.6. The molecule has 0 radical (unpaired) electrons. The molecule has 25 heavy (non-hydrogen) atoms. The highest BCUT2D eigenvalue weighted by atomic mass is 16.3. The lowest BCUT2D eigenvalue weighted by atomic mass is 10.0. The molecule has 1 heterocycles. The van der Waals surface area contributed by atoms with Crippen LogP contribution in [0, 0.1) is 13.8 Å². The van der Waals surface area contributed by atoms with E-state index in [9.17, 15) is 5.11 Å². The second kappa shape index (κ2) is 7.77. The molecule has 2 aromatic carbocycles. The molecule has 0 saturated heterocycles. The average molecular weight is 334 g/mol. The molecule has 0 fully saturated rings. The quantitative estimate of drug-likeness (QED) is 0.636. The van der Waals surface area contributed by atoms with E-state index in [1.165, 1.54) is 5.56 Å². The van der Waals surface area contributed by atoms with Gasteiger partial charge in [0.25, 0.3) is 0 Å². The highest BCUT2D eigenvalue weighted by Gasteiger charge is 2.10. The number of aliphatic hydroxyl groups excluding tert-OH is 1.